The standard InChI is InChI=1S/C12H20N4O3/c1-9(2)7-10(11(17)18)15-12(19)14-4-6-16-5-3-13-8-16/h3,5,8-10H,4,6-7H2,1-2H3,(H,17,18)(H2,14,15,19)/t10-/m1/s1. The van der Waals surface area contributed by atoms with E-state index in [-0.39, 0.29) is 5.92 Å². The SMILES string of the molecule is CC(C)C[C@@H](NC(=O)NCCn1ccnc1)C(=O)O. The summed E-state index contributed by atoms with van der Waals surface area (Å²) in [5, 5.41) is 14.1. The Hall–Kier alpha value is -2.05. The second-order valence-corrected chi connectivity index (χ2v) is 4.72. The summed E-state index contributed by atoms with van der Waals surface area (Å²) < 4.78 is 1.82. The molecule has 0 aromatic carbocycles. The lowest BCUT2D eigenvalue weighted by Gasteiger charge is -2.16. The van der Waals surface area contributed by atoms with Gasteiger partial charge in [-0.05, 0) is 12.3 Å². The molecular formula is C12H20N4O3. The zero-order valence-electron chi connectivity index (χ0n) is 11.2. The van der Waals surface area contributed by atoms with Gasteiger partial charge in [-0.25, -0.2) is 14.6 Å². The lowest BCUT2D eigenvalue weighted by atomic mass is 10.0. The van der Waals surface area contributed by atoms with Crippen LogP contribution < -0.4 is 10.6 Å². The second-order valence-electron chi connectivity index (χ2n) is 4.72. The number of rotatable bonds is 7. The molecule has 19 heavy (non-hydrogen) atoms. The van der Waals surface area contributed by atoms with Crippen molar-refractivity contribution >= 4 is 12.0 Å². The van der Waals surface area contributed by atoms with Gasteiger partial charge >= 0.3 is 12.0 Å². The number of urea groups is 1. The van der Waals surface area contributed by atoms with Crippen molar-refractivity contribution in [1.29, 1.82) is 0 Å². The summed E-state index contributed by atoms with van der Waals surface area (Å²) in [6.45, 7) is 4.83. The third-order valence-corrected chi connectivity index (χ3v) is 2.53. The summed E-state index contributed by atoms with van der Waals surface area (Å²) >= 11 is 0. The topological polar surface area (TPSA) is 96.3 Å². The normalized spacial score (nSPS) is 12.2. The average molecular weight is 268 g/mol. The molecule has 2 amide bonds. The van der Waals surface area contributed by atoms with E-state index in [0.717, 1.165) is 0 Å². The van der Waals surface area contributed by atoms with Crippen molar-refractivity contribution in [3.8, 4) is 0 Å². The fourth-order valence-corrected chi connectivity index (χ4v) is 1.62. The van der Waals surface area contributed by atoms with Crippen molar-refractivity contribution in [3.05, 3.63) is 18.7 Å². The van der Waals surface area contributed by atoms with E-state index in [1.54, 1.807) is 18.7 Å². The first-order chi connectivity index (χ1) is 8.99. The van der Waals surface area contributed by atoms with Crippen molar-refractivity contribution in [1.82, 2.24) is 20.2 Å². The molecule has 0 unspecified atom stereocenters. The Morgan fingerprint density at radius 2 is 2.16 bits per heavy atom. The van der Waals surface area contributed by atoms with E-state index >= 15 is 0 Å². The molecule has 106 valence electrons. The molecule has 0 radical (unpaired) electrons. The number of carbonyl (C=O) groups is 2. The van der Waals surface area contributed by atoms with Gasteiger partial charge < -0.3 is 20.3 Å². The monoisotopic (exact) mass is 268 g/mol. The Balaban J connectivity index is 2.30. The first kappa shape index (κ1) is 15.0. The molecule has 0 saturated carbocycles. The Labute approximate surface area is 112 Å². The third kappa shape index (κ3) is 5.89. The Morgan fingerprint density at radius 1 is 1.42 bits per heavy atom. The van der Waals surface area contributed by atoms with Crippen LogP contribution in [0, 0.1) is 5.92 Å². The number of carboxylic acids is 1. The predicted octanol–water partition coefficient (Wildman–Crippen LogP) is 0.682. The summed E-state index contributed by atoms with van der Waals surface area (Å²) in [4.78, 5) is 26.4. The fourth-order valence-electron chi connectivity index (χ4n) is 1.62. The molecular weight excluding hydrogens is 248 g/mol. The number of nitrogens with zero attached hydrogens (tertiary/aromatic N) is 2. The van der Waals surface area contributed by atoms with E-state index in [2.05, 4.69) is 15.6 Å². The summed E-state index contributed by atoms with van der Waals surface area (Å²) in [5.74, 6) is -0.814. The molecule has 0 aliphatic rings. The molecule has 3 N–H and O–H groups in total. The average Bonchev–Trinajstić information content (AvgIpc) is 2.80. The molecule has 0 spiro atoms. The van der Waals surface area contributed by atoms with Crippen molar-refractivity contribution in [3.63, 3.8) is 0 Å². The number of hydrogen-bond donors (Lipinski definition) is 3. The molecule has 1 aromatic heterocycles. The van der Waals surface area contributed by atoms with Crippen molar-refractivity contribution in [2.45, 2.75) is 32.9 Å². The quantitative estimate of drug-likeness (QED) is 0.677. The number of imidazole rings is 1. The van der Waals surface area contributed by atoms with Crippen LogP contribution in [0.4, 0.5) is 4.79 Å². The highest BCUT2D eigenvalue weighted by Crippen LogP contribution is 2.04. The molecule has 7 nitrogen and oxygen atoms in total. The van der Waals surface area contributed by atoms with Crippen LogP contribution in [0.2, 0.25) is 0 Å². The van der Waals surface area contributed by atoms with Gasteiger partial charge in [0, 0.05) is 25.5 Å². The van der Waals surface area contributed by atoms with Gasteiger partial charge in [-0.3, -0.25) is 0 Å². The van der Waals surface area contributed by atoms with Gasteiger partial charge in [-0.2, -0.15) is 0 Å². The van der Waals surface area contributed by atoms with Gasteiger partial charge in [-0.15, -0.1) is 0 Å². The summed E-state index contributed by atoms with van der Waals surface area (Å²) in [5.41, 5.74) is 0. The highest BCUT2D eigenvalue weighted by atomic mass is 16.4. The van der Waals surface area contributed by atoms with Crippen LogP contribution in [0.3, 0.4) is 0 Å². The summed E-state index contributed by atoms with van der Waals surface area (Å²) in [7, 11) is 0. The highest BCUT2D eigenvalue weighted by molar-refractivity contribution is 5.82. The fraction of sp³-hybridized carbons (Fsp3) is 0.583. The Morgan fingerprint density at radius 3 is 2.68 bits per heavy atom. The van der Waals surface area contributed by atoms with E-state index in [4.69, 9.17) is 5.11 Å². The van der Waals surface area contributed by atoms with E-state index in [0.29, 0.717) is 19.5 Å². The molecule has 0 fully saturated rings. The van der Waals surface area contributed by atoms with E-state index in [1.165, 1.54) is 0 Å². The van der Waals surface area contributed by atoms with Crippen LogP contribution in [-0.2, 0) is 11.3 Å². The first-order valence-electron chi connectivity index (χ1n) is 6.22. The van der Waals surface area contributed by atoms with Crippen LogP contribution in [0.5, 0.6) is 0 Å². The van der Waals surface area contributed by atoms with Gasteiger partial charge in [0.2, 0.25) is 0 Å². The largest absolute Gasteiger partial charge is 0.480 e. The van der Waals surface area contributed by atoms with Gasteiger partial charge in [0.1, 0.15) is 6.04 Å². The van der Waals surface area contributed by atoms with Gasteiger partial charge in [0.25, 0.3) is 0 Å². The molecule has 7 heteroatoms. The number of carboxylic acid groups (broad SMARTS) is 1. The summed E-state index contributed by atoms with van der Waals surface area (Å²) in [6.07, 6.45) is 5.50. The minimum absolute atomic E-state index is 0.201. The smallest absolute Gasteiger partial charge is 0.326 e. The number of hydrogen-bond acceptors (Lipinski definition) is 3. The van der Waals surface area contributed by atoms with Crippen LogP contribution in [0.1, 0.15) is 20.3 Å². The van der Waals surface area contributed by atoms with Crippen molar-refractivity contribution in [2.75, 3.05) is 6.54 Å². The molecule has 0 aliphatic heterocycles. The number of nitrogens with one attached hydrogen (secondary N) is 2. The lowest BCUT2D eigenvalue weighted by molar-refractivity contribution is -0.139. The maximum Gasteiger partial charge on any atom is 0.326 e. The maximum absolute atomic E-state index is 11.6. The van der Waals surface area contributed by atoms with Crippen LogP contribution in [0.25, 0.3) is 0 Å². The number of aliphatic carboxylic acids is 1. The third-order valence-electron chi connectivity index (χ3n) is 2.53. The summed E-state index contributed by atoms with van der Waals surface area (Å²) in [6, 6.07) is -1.32. The van der Waals surface area contributed by atoms with Crippen molar-refractivity contribution in [2.24, 2.45) is 5.92 Å². The second kappa shape index (κ2) is 7.40. The van der Waals surface area contributed by atoms with E-state index in [9.17, 15) is 9.59 Å². The van der Waals surface area contributed by atoms with Gasteiger partial charge in [-0.1, -0.05) is 13.8 Å². The van der Waals surface area contributed by atoms with Crippen molar-refractivity contribution < 1.29 is 14.7 Å². The van der Waals surface area contributed by atoms with Crippen LogP contribution in [0.15, 0.2) is 18.7 Å². The molecule has 1 rings (SSSR count). The number of amides is 2. The molecule has 0 bridgehead atoms. The zero-order chi connectivity index (χ0) is 14.3. The molecule has 1 atom stereocenters. The first-order valence-corrected chi connectivity index (χ1v) is 6.22. The lowest BCUT2D eigenvalue weighted by Crippen LogP contribution is -2.47. The molecule has 0 saturated heterocycles. The van der Waals surface area contributed by atoms with Gasteiger partial charge in [0.15, 0.2) is 0 Å². The highest BCUT2D eigenvalue weighted by Gasteiger charge is 2.20. The van der Waals surface area contributed by atoms with E-state index < -0.39 is 18.0 Å². The molecule has 1 heterocycles. The van der Waals surface area contributed by atoms with Crippen LogP contribution in [-0.4, -0.2) is 39.2 Å². The number of carbonyl (C=O) groups excluding carboxylic acids is 1. The minimum Gasteiger partial charge on any atom is -0.480 e. The predicted molar refractivity (Wildman–Crippen MR) is 69.6 cm³/mol. The molecule has 1 aromatic rings. The number of aromatic nitrogens is 2. The zero-order valence-corrected chi connectivity index (χ0v) is 11.2. The Bertz CT molecular complexity index is 403. The molecule has 0 aliphatic carbocycles. The minimum atomic E-state index is -1.02. The maximum atomic E-state index is 11.6. The van der Waals surface area contributed by atoms with Gasteiger partial charge in [0.05, 0.1) is 6.33 Å². The van der Waals surface area contributed by atoms with E-state index in [1.807, 2.05) is 18.4 Å². The van der Waals surface area contributed by atoms with Crippen LogP contribution >= 0.6 is 0 Å². The Kier molecular flexibility index (Phi) is 5.84.